The number of cyclic esters (lactones) is 1. The Balaban J connectivity index is 2.15. The van der Waals surface area contributed by atoms with Gasteiger partial charge in [0.05, 0.1) is 13.7 Å². The number of unbranched alkanes of at least 4 members (excludes halogenated alkanes) is 1. The summed E-state index contributed by atoms with van der Waals surface area (Å²) in [5, 5.41) is 0. The van der Waals surface area contributed by atoms with Gasteiger partial charge in [-0.2, -0.15) is 0 Å². The molecule has 0 saturated carbocycles. The molecule has 1 aliphatic heterocycles. The first-order chi connectivity index (χ1) is 11.2. The Labute approximate surface area is 136 Å². The molecule has 5 nitrogen and oxygen atoms in total. The maximum Gasteiger partial charge on any atom is 0.334 e. The zero-order valence-corrected chi connectivity index (χ0v) is 13.5. The monoisotopic (exact) mass is 318 g/mol. The highest BCUT2D eigenvalue weighted by Gasteiger charge is 2.26. The number of ether oxygens (including phenoxy) is 3. The summed E-state index contributed by atoms with van der Waals surface area (Å²) in [5.74, 6) is 1.19. The van der Waals surface area contributed by atoms with Crippen LogP contribution in [0.3, 0.4) is 0 Å². The van der Waals surface area contributed by atoms with E-state index < -0.39 is 0 Å². The Morgan fingerprint density at radius 2 is 2.00 bits per heavy atom. The number of methoxy groups -OCH3 is 1. The van der Waals surface area contributed by atoms with Crippen molar-refractivity contribution in [2.45, 2.75) is 38.7 Å². The van der Waals surface area contributed by atoms with E-state index in [1.165, 1.54) is 0 Å². The highest BCUT2D eigenvalue weighted by atomic mass is 16.5. The zero-order valence-electron chi connectivity index (χ0n) is 13.5. The summed E-state index contributed by atoms with van der Waals surface area (Å²) in [6.07, 6.45) is 3.13. The molecule has 0 unspecified atom stereocenters. The van der Waals surface area contributed by atoms with Gasteiger partial charge in [0.25, 0.3) is 0 Å². The standard InChI is InChI=1S/C18H22O5/c1-13(16-10-12-22-18(16)20)17(5-3-4-11-19)23-15-8-6-14(21-2)7-9-15/h6-9,11,17H,3-5,10,12H2,1-2H3/b16-13-/t17-/m0/s1. The first kappa shape index (κ1) is 17.1. The zero-order chi connectivity index (χ0) is 16.7. The third kappa shape index (κ3) is 4.58. The van der Waals surface area contributed by atoms with Crippen LogP contribution in [0, 0.1) is 0 Å². The Kier molecular flexibility index (Phi) is 6.20. The van der Waals surface area contributed by atoms with E-state index in [4.69, 9.17) is 14.2 Å². The molecule has 2 rings (SSSR count). The van der Waals surface area contributed by atoms with E-state index in [9.17, 15) is 9.59 Å². The smallest absolute Gasteiger partial charge is 0.334 e. The molecule has 124 valence electrons. The van der Waals surface area contributed by atoms with Crippen LogP contribution in [-0.2, 0) is 14.3 Å². The minimum Gasteiger partial charge on any atom is -0.497 e. The first-order valence-electron chi connectivity index (χ1n) is 7.76. The molecule has 1 fully saturated rings. The predicted octanol–water partition coefficient (Wildman–Crippen LogP) is 3.08. The van der Waals surface area contributed by atoms with Crippen LogP contribution in [0.4, 0.5) is 0 Å². The van der Waals surface area contributed by atoms with E-state index in [0.29, 0.717) is 43.6 Å². The van der Waals surface area contributed by atoms with Crippen LogP contribution < -0.4 is 9.47 Å². The molecule has 0 N–H and O–H groups in total. The summed E-state index contributed by atoms with van der Waals surface area (Å²) >= 11 is 0. The fraction of sp³-hybridized carbons (Fsp3) is 0.444. The summed E-state index contributed by atoms with van der Waals surface area (Å²) in [7, 11) is 1.61. The van der Waals surface area contributed by atoms with Crippen molar-refractivity contribution in [3.05, 3.63) is 35.4 Å². The average molecular weight is 318 g/mol. The lowest BCUT2D eigenvalue weighted by Crippen LogP contribution is -2.20. The largest absolute Gasteiger partial charge is 0.497 e. The second kappa shape index (κ2) is 8.36. The van der Waals surface area contributed by atoms with Gasteiger partial charge in [0.2, 0.25) is 0 Å². The van der Waals surface area contributed by atoms with E-state index >= 15 is 0 Å². The second-order valence-electron chi connectivity index (χ2n) is 5.43. The lowest BCUT2D eigenvalue weighted by Gasteiger charge is -2.21. The van der Waals surface area contributed by atoms with Gasteiger partial charge in [0.15, 0.2) is 0 Å². The molecule has 0 amide bonds. The van der Waals surface area contributed by atoms with Crippen LogP contribution in [-0.4, -0.2) is 32.1 Å². The lowest BCUT2D eigenvalue weighted by molar-refractivity contribution is -0.135. The average Bonchev–Trinajstić information content (AvgIpc) is 3.00. The van der Waals surface area contributed by atoms with Crippen LogP contribution in [0.1, 0.15) is 32.6 Å². The van der Waals surface area contributed by atoms with E-state index in [-0.39, 0.29) is 12.1 Å². The molecular weight excluding hydrogens is 296 g/mol. The number of carbonyl (C=O) groups excluding carboxylic acids is 2. The third-order valence-electron chi connectivity index (χ3n) is 3.92. The molecule has 1 saturated heterocycles. The van der Waals surface area contributed by atoms with Crippen LogP contribution in [0.15, 0.2) is 35.4 Å². The predicted molar refractivity (Wildman–Crippen MR) is 85.6 cm³/mol. The SMILES string of the molecule is COc1ccc(O[C@@H](CCCC=O)/C(C)=C2/CCOC2=O)cc1. The van der Waals surface area contributed by atoms with Gasteiger partial charge in [0.1, 0.15) is 23.9 Å². The van der Waals surface area contributed by atoms with Gasteiger partial charge in [0, 0.05) is 18.4 Å². The van der Waals surface area contributed by atoms with Gasteiger partial charge >= 0.3 is 5.97 Å². The molecule has 1 aliphatic rings. The second-order valence-corrected chi connectivity index (χ2v) is 5.43. The van der Waals surface area contributed by atoms with Gasteiger partial charge in [-0.1, -0.05) is 0 Å². The van der Waals surface area contributed by atoms with Crippen molar-refractivity contribution in [1.82, 2.24) is 0 Å². The maximum absolute atomic E-state index is 11.8. The molecule has 23 heavy (non-hydrogen) atoms. The molecule has 0 aliphatic carbocycles. The molecule has 1 atom stereocenters. The number of carbonyl (C=O) groups is 2. The number of hydrogen-bond acceptors (Lipinski definition) is 5. The summed E-state index contributed by atoms with van der Waals surface area (Å²) in [4.78, 5) is 22.3. The Hall–Kier alpha value is -2.30. The summed E-state index contributed by atoms with van der Waals surface area (Å²) in [6.45, 7) is 2.33. The Bertz CT molecular complexity index is 574. The highest BCUT2D eigenvalue weighted by Crippen LogP contribution is 2.26. The molecular formula is C18H22O5. The molecule has 1 heterocycles. The molecule has 0 bridgehead atoms. The number of rotatable bonds is 8. The Morgan fingerprint density at radius 1 is 1.30 bits per heavy atom. The molecule has 0 aromatic heterocycles. The first-order valence-corrected chi connectivity index (χ1v) is 7.76. The minimum atomic E-state index is -0.263. The van der Waals surface area contributed by atoms with E-state index in [0.717, 1.165) is 17.6 Å². The minimum absolute atomic E-state index is 0.246. The van der Waals surface area contributed by atoms with Crippen molar-refractivity contribution in [2.75, 3.05) is 13.7 Å². The van der Waals surface area contributed by atoms with Gasteiger partial charge < -0.3 is 19.0 Å². The number of hydrogen-bond donors (Lipinski definition) is 0. The highest BCUT2D eigenvalue weighted by molar-refractivity contribution is 5.91. The van der Waals surface area contributed by atoms with Crippen molar-refractivity contribution in [3.8, 4) is 11.5 Å². The van der Waals surface area contributed by atoms with Crippen molar-refractivity contribution in [2.24, 2.45) is 0 Å². The molecule has 1 aromatic rings. The molecule has 1 aromatic carbocycles. The van der Waals surface area contributed by atoms with Crippen molar-refractivity contribution in [3.63, 3.8) is 0 Å². The Morgan fingerprint density at radius 3 is 2.57 bits per heavy atom. The maximum atomic E-state index is 11.8. The summed E-state index contributed by atoms with van der Waals surface area (Å²) in [6, 6.07) is 7.31. The molecule has 5 heteroatoms. The summed E-state index contributed by atoms with van der Waals surface area (Å²) < 4.78 is 16.2. The van der Waals surface area contributed by atoms with E-state index in [1.807, 2.05) is 31.2 Å². The number of esters is 1. The summed E-state index contributed by atoms with van der Waals surface area (Å²) in [5.41, 5.74) is 1.57. The topological polar surface area (TPSA) is 61.8 Å². The third-order valence-corrected chi connectivity index (χ3v) is 3.92. The van der Waals surface area contributed by atoms with Crippen molar-refractivity contribution in [1.29, 1.82) is 0 Å². The number of aldehydes is 1. The molecule has 0 radical (unpaired) electrons. The van der Waals surface area contributed by atoms with Gasteiger partial charge in [-0.3, -0.25) is 0 Å². The van der Waals surface area contributed by atoms with Gasteiger partial charge in [-0.05, 0) is 49.6 Å². The van der Waals surface area contributed by atoms with Crippen molar-refractivity contribution < 1.29 is 23.8 Å². The van der Waals surface area contributed by atoms with Gasteiger partial charge in [-0.25, -0.2) is 4.79 Å². The van der Waals surface area contributed by atoms with Crippen LogP contribution in [0.2, 0.25) is 0 Å². The molecule has 0 spiro atoms. The van der Waals surface area contributed by atoms with E-state index in [2.05, 4.69) is 0 Å². The fourth-order valence-corrected chi connectivity index (χ4v) is 2.56. The van der Waals surface area contributed by atoms with Gasteiger partial charge in [-0.15, -0.1) is 0 Å². The normalized spacial score (nSPS) is 17.4. The van der Waals surface area contributed by atoms with E-state index in [1.54, 1.807) is 7.11 Å². The lowest BCUT2D eigenvalue weighted by atomic mass is 9.99. The quantitative estimate of drug-likeness (QED) is 0.319. The fourth-order valence-electron chi connectivity index (χ4n) is 2.56. The van der Waals surface area contributed by atoms with Crippen LogP contribution in [0.25, 0.3) is 0 Å². The number of benzene rings is 1. The van der Waals surface area contributed by atoms with Crippen LogP contribution >= 0.6 is 0 Å². The van der Waals surface area contributed by atoms with Crippen molar-refractivity contribution >= 4 is 12.3 Å². The van der Waals surface area contributed by atoms with Crippen LogP contribution in [0.5, 0.6) is 11.5 Å².